The van der Waals surface area contributed by atoms with Crippen LogP contribution < -0.4 is 5.32 Å². The molecule has 1 amide bonds. The number of carboxylic acids is 1. The van der Waals surface area contributed by atoms with Gasteiger partial charge in [0.15, 0.2) is 0 Å². The zero-order valence-corrected chi connectivity index (χ0v) is 13.5. The summed E-state index contributed by atoms with van der Waals surface area (Å²) in [6, 6.07) is -0.807. The fourth-order valence-electron chi connectivity index (χ4n) is 1.69. The molecule has 0 aliphatic heterocycles. The molecule has 1 atom stereocenters. The Morgan fingerprint density at radius 2 is 1.90 bits per heavy atom. The second-order valence-electron chi connectivity index (χ2n) is 4.61. The molecular weight excluding hydrogens is 294 g/mol. The minimum absolute atomic E-state index is 0.148. The van der Waals surface area contributed by atoms with Crippen LogP contribution in [0.15, 0.2) is 0 Å². The number of amides is 1. The predicted molar refractivity (Wildman–Crippen MR) is 82.3 cm³/mol. The molecule has 0 saturated carbocycles. The third-order valence-electron chi connectivity index (χ3n) is 2.70. The number of hydrogen-bond donors (Lipinski definition) is 2. The highest BCUT2D eigenvalue weighted by Gasteiger charge is 2.17. The van der Waals surface area contributed by atoms with Crippen molar-refractivity contribution in [1.82, 2.24) is 5.32 Å². The van der Waals surface area contributed by atoms with E-state index < -0.39 is 12.0 Å². The lowest BCUT2D eigenvalue weighted by Crippen LogP contribution is -2.39. The average Bonchev–Trinajstić information content (AvgIpc) is 2.40. The molecule has 0 bridgehead atoms. The minimum Gasteiger partial charge on any atom is -0.480 e. The largest absolute Gasteiger partial charge is 0.480 e. The zero-order chi connectivity index (χ0) is 16.1. The van der Waals surface area contributed by atoms with Crippen LogP contribution in [-0.2, 0) is 19.1 Å². The maximum absolute atomic E-state index is 11.1. The molecule has 0 spiro atoms. The lowest BCUT2D eigenvalue weighted by atomic mass is 10.2. The SMILES string of the molecule is CCOC(=O)CCCCCSCCC(NC(C)=O)C(=O)O. The molecule has 0 aromatic rings. The molecule has 0 rings (SSSR count). The first-order chi connectivity index (χ1) is 9.97. The molecule has 0 saturated heterocycles. The number of ether oxygens (including phenoxy) is 1. The average molecular weight is 319 g/mol. The van der Waals surface area contributed by atoms with E-state index in [-0.39, 0.29) is 11.9 Å². The van der Waals surface area contributed by atoms with Gasteiger partial charge in [0, 0.05) is 13.3 Å². The molecule has 0 heterocycles. The van der Waals surface area contributed by atoms with Gasteiger partial charge in [-0.2, -0.15) is 11.8 Å². The Labute approximate surface area is 130 Å². The van der Waals surface area contributed by atoms with Crippen molar-refractivity contribution in [2.75, 3.05) is 18.1 Å². The monoisotopic (exact) mass is 319 g/mol. The van der Waals surface area contributed by atoms with E-state index in [1.54, 1.807) is 18.7 Å². The molecule has 1 unspecified atom stereocenters. The quantitative estimate of drug-likeness (QED) is 0.421. The molecule has 0 radical (unpaired) electrons. The molecule has 7 heteroatoms. The van der Waals surface area contributed by atoms with E-state index in [9.17, 15) is 14.4 Å². The van der Waals surface area contributed by atoms with Crippen LogP contribution in [0.25, 0.3) is 0 Å². The highest BCUT2D eigenvalue weighted by atomic mass is 32.2. The molecule has 122 valence electrons. The van der Waals surface area contributed by atoms with Crippen molar-refractivity contribution in [3.05, 3.63) is 0 Å². The van der Waals surface area contributed by atoms with Crippen molar-refractivity contribution in [2.24, 2.45) is 0 Å². The van der Waals surface area contributed by atoms with Gasteiger partial charge in [-0.15, -0.1) is 0 Å². The summed E-state index contributed by atoms with van der Waals surface area (Å²) in [5.74, 6) is 0.140. The Morgan fingerprint density at radius 3 is 2.48 bits per heavy atom. The maximum atomic E-state index is 11.1. The lowest BCUT2D eigenvalue weighted by molar-refractivity contribution is -0.143. The summed E-state index contributed by atoms with van der Waals surface area (Å²) in [7, 11) is 0. The first-order valence-corrected chi connectivity index (χ1v) is 8.36. The maximum Gasteiger partial charge on any atom is 0.326 e. The third-order valence-corrected chi connectivity index (χ3v) is 3.80. The van der Waals surface area contributed by atoms with Crippen LogP contribution in [-0.4, -0.2) is 47.1 Å². The van der Waals surface area contributed by atoms with E-state index in [0.29, 0.717) is 25.2 Å². The minimum atomic E-state index is -1.000. The summed E-state index contributed by atoms with van der Waals surface area (Å²) >= 11 is 1.66. The number of nitrogens with one attached hydrogen (secondary N) is 1. The van der Waals surface area contributed by atoms with Gasteiger partial charge in [0.2, 0.25) is 5.91 Å². The molecule has 0 aliphatic rings. The molecule has 6 nitrogen and oxygen atoms in total. The van der Waals surface area contributed by atoms with Crippen molar-refractivity contribution in [1.29, 1.82) is 0 Å². The van der Waals surface area contributed by atoms with Crippen LogP contribution in [0.3, 0.4) is 0 Å². The van der Waals surface area contributed by atoms with Gasteiger partial charge in [0.1, 0.15) is 6.04 Å². The first kappa shape index (κ1) is 19.8. The Kier molecular flexibility index (Phi) is 11.8. The summed E-state index contributed by atoms with van der Waals surface area (Å²) in [6.45, 7) is 3.53. The normalized spacial score (nSPS) is 11.7. The van der Waals surface area contributed by atoms with E-state index in [1.807, 2.05) is 0 Å². The van der Waals surface area contributed by atoms with Crippen LogP contribution in [0.2, 0.25) is 0 Å². The summed E-state index contributed by atoms with van der Waals surface area (Å²) in [4.78, 5) is 32.8. The van der Waals surface area contributed by atoms with Crippen LogP contribution >= 0.6 is 11.8 Å². The third kappa shape index (κ3) is 12.2. The zero-order valence-electron chi connectivity index (χ0n) is 12.7. The molecule has 0 aromatic carbocycles. The van der Waals surface area contributed by atoms with Gasteiger partial charge in [0.05, 0.1) is 6.61 Å². The lowest BCUT2D eigenvalue weighted by Gasteiger charge is -2.12. The van der Waals surface area contributed by atoms with E-state index >= 15 is 0 Å². The van der Waals surface area contributed by atoms with Gasteiger partial charge in [-0.05, 0) is 37.7 Å². The van der Waals surface area contributed by atoms with Gasteiger partial charge in [-0.25, -0.2) is 4.79 Å². The second kappa shape index (κ2) is 12.5. The number of aliphatic carboxylic acids is 1. The molecular formula is C14H25NO5S. The molecule has 21 heavy (non-hydrogen) atoms. The van der Waals surface area contributed by atoms with Crippen molar-refractivity contribution in [2.45, 2.75) is 52.0 Å². The van der Waals surface area contributed by atoms with E-state index in [4.69, 9.17) is 9.84 Å². The number of esters is 1. The number of carbonyl (C=O) groups is 3. The molecule has 2 N–H and O–H groups in total. The predicted octanol–water partition coefficient (Wildman–Crippen LogP) is 1.82. The fraction of sp³-hybridized carbons (Fsp3) is 0.786. The van der Waals surface area contributed by atoms with Crippen molar-refractivity contribution in [3.63, 3.8) is 0 Å². The number of hydrogen-bond acceptors (Lipinski definition) is 5. The van der Waals surface area contributed by atoms with Crippen LogP contribution in [0.1, 0.15) is 46.0 Å². The van der Waals surface area contributed by atoms with E-state index in [1.165, 1.54) is 6.92 Å². The topological polar surface area (TPSA) is 92.7 Å². The van der Waals surface area contributed by atoms with Gasteiger partial charge < -0.3 is 15.2 Å². The summed E-state index contributed by atoms with van der Waals surface area (Å²) in [6.07, 6.45) is 3.65. The van der Waals surface area contributed by atoms with Crippen molar-refractivity contribution >= 4 is 29.6 Å². The summed E-state index contributed by atoms with van der Waals surface area (Å²) in [5, 5.41) is 11.3. The van der Waals surface area contributed by atoms with Crippen LogP contribution in [0.5, 0.6) is 0 Å². The summed E-state index contributed by atoms with van der Waals surface area (Å²) < 4.78 is 4.83. The van der Waals surface area contributed by atoms with Gasteiger partial charge >= 0.3 is 11.9 Å². The van der Waals surface area contributed by atoms with Crippen molar-refractivity contribution < 1.29 is 24.2 Å². The number of carboxylic acid groups (broad SMARTS) is 1. The number of carbonyl (C=O) groups excluding carboxylic acids is 2. The van der Waals surface area contributed by atoms with Crippen LogP contribution in [0, 0.1) is 0 Å². The van der Waals surface area contributed by atoms with E-state index in [2.05, 4.69) is 5.32 Å². The van der Waals surface area contributed by atoms with Gasteiger partial charge in [-0.3, -0.25) is 9.59 Å². The highest BCUT2D eigenvalue weighted by molar-refractivity contribution is 7.99. The van der Waals surface area contributed by atoms with Gasteiger partial charge in [0.25, 0.3) is 0 Å². The first-order valence-electron chi connectivity index (χ1n) is 7.20. The summed E-state index contributed by atoms with van der Waals surface area (Å²) in [5.41, 5.74) is 0. The van der Waals surface area contributed by atoms with E-state index in [0.717, 1.165) is 25.0 Å². The highest BCUT2D eigenvalue weighted by Crippen LogP contribution is 2.10. The molecule has 0 fully saturated rings. The van der Waals surface area contributed by atoms with Gasteiger partial charge in [-0.1, -0.05) is 6.42 Å². The Bertz CT molecular complexity index is 335. The van der Waals surface area contributed by atoms with Crippen molar-refractivity contribution in [3.8, 4) is 0 Å². The molecule has 0 aliphatic carbocycles. The Morgan fingerprint density at radius 1 is 1.19 bits per heavy atom. The number of rotatable bonds is 12. The number of unbranched alkanes of at least 4 members (excludes halogenated alkanes) is 2. The molecule has 0 aromatic heterocycles. The Balaban J connectivity index is 3.52. The standard InChI is InChI=1S/C14H25NO5S/c1-3-20-13(17)7-5-4-6-9-21-10-8-12(14(18)19)15-11(2)16/h12H,3-10H2,1-2H3,(H,15,16)(H,18,19). The second-order valence-corrected chi connectivity index (χ2v) is 5.83. The Hall–Kier alpha value is -1.24. The smallest absolute Gasteiger partial charge is 0.326 e. The fourth-order valence-corrected chi connectivity index (χ4v) is 2.70. The number of thioether (sulfide) groups is 1. The van der Waals surface area contributed by atoms with Crippen LogP contribution in [0.4, 0.5) is 0 Å².